The van der Waals surface area contributed by atoms with Crippen molar-refractivity contribution < 1.29 is 13.6 Å². The van der Waals surface area contributed by atoms with Crippen LogP contribution in [0, 0.1) is 11.6 Å². The minimum atomic E-state index is -0.845. The van der Waals surface area contributed by atoms with Gasteiger partial charge in [0.05, 0.1) is 0 Å². The number of para-hydroxylation sites is 1. The highest BCUT2D eigenvalue weighted by Crippen LogP contribution is 2.17. The van der Waals surface area contributed by atoms with E-state index in [1.54, 1.807) is 18.3 Å². The molecule has 0 aliphatic carbocycles. The highest BCUT2D eigenvalue weighted by molar-refractivity contribution is 5.89. The molecule has 2 amide bonds. The summed E-state index contributed by atoms with van der Waals surface area (Å²) in [4.78, 5) is 24.1. The molecule has 0 saturated carbocycles. The van der Waals surface area contributed by atoms with Crippen LogP contribution in [0.5, 0.6) is 0 Å². The summed E-state index contributed by atoms with van der Waals surface area (Å²) in [6, 6.07) is 9.76. The molecule has 0 fully saturated rings. The number of halogens is 2. The molecule has 0 aliphatic heterocycles. The van der Waals surface area contributed by atoms with Gasteiger partial charge in [-0.25, -0.2) is 28.5 Å². The first-order valence-electron chi connectivity index (χ1n) is 8.34. The zero-order valence-corrected chi connectivity index (χ0v) is 14.6. The molecule has 0 bridgehead atoms. The van der Waals surface area contributed by atoms with E-state index in [4.69, 9.17) is 0 Å². The van der Waals surface area contributed by atoms with E-state index < -0.39 is 23.4 Å². The topological polar surface area (TPSA) is 104 Å². The number of hydrogen-bond acceptors (Lipinski definition) is 6. The van der Waals surface area contributed by atoms with Crippen molar-refractivity contribution in [3.8, 4) is 0 Å². The predicted molar refractivity (Wildman–Crippen MR) is 101 cm³/mol. The highest BCUT2D eigenvalue weighted by atomic mass is 19.1. The normalized spacial score (nSPS) is 10.2. The Balaban J connectivity index is 1.45. The molecule has 0 spiro atoms. The van der Waals surface area contributed by atoms with Gasteiger partial charge < -0.3 is 21.3 Å². The maximum atomic E-state index is 13.5. The number of carbonyl (C=O) groups excluding carboxylic acids is 1. The first kappa shape index (κ1) is 19.0. The van der Waals surface area contributed by atoms with Gasteiger partial charge in [0.15, 0.2) is 0 Å². The van der Waals surface area contributed by atoms with Crippen molar-refractivity contribution in [3.05, 3.63) is 66.6 Å². The number of anilines is 4. The molecule has 8 nitrogen and oxygen atoms in total. The monoisotopic (exact) mass is 385 g/mol. The van der Waals surface area contributed by atoms with E-state index in [9.17, 15) is 13.6 Å². The fourth-order valence-electron chi connectivity index (χ4n) is 2.23. The molecule has 2 heterocycles. The zero-order valence-electron chi connectivity index (χ0n) is 14.6. The van der Waals surface area contributed by atoms with Crippen molar-refractivity contribution in [2.45, 2.75) is 0 Å². The van der Waals surface area contributed by atoms with Crippen molar-refractivity contribution in [2.75, 3.05) is 29.0 Å². The van der Waals surface area contributed by atoms with Crippen LogP contribution in [0.15, 0.2) is 55.0 Å². The van der Waals surface area contributed by atoms with Crippen LogP contribution in [0.4, 0.5) is 36.7 Å². The largest absolute Gasteiger partial charge is 0.368 e. The van der Waals surface area contributed by atoms with Crippen LogP contribution in [-0.4, -0.2) is 34.1 Å². The number of carbonyl (C=O) groups is 1. The summed E-state index contributed by atoms with van der Waals surface area (Å²) in [7, 11) is 0. The lowest BCUT2D eigenvalue weighted by Gasteiger charge is -2.10. The van der Waals surface area contributed by atoms with E-state index in [1.165, 1.54) is 12.4 Å². The number of aromatic nitrogens is 3. The molecule has 0 radical (unpaired) electrons. The first-order chi connectivity index (χ1) is 13.6. The van der Waals surface area contributed by atoms with Crippen LogP contribution in [0.1, 0.15) is 0 Å². The average Bonchev–Trinajstić information content (AvgIpc) is 2.69. The lowest BCUT2D eigenvalue weighted by molar-refractivity contribution is 0.252. The Morgan fingerprint density at radius 1 is 0.893 bits per heavy atom. The average molecular weight is 385 g/mol. The molecule has 10 heteroatoms. The number of nitrogens with one attached hydrogen (secondary N) is 4. The predicted octanol–water partition coefficient (Wildman–Crippen LogP) is 3.13. The molecule has 144 valence electrons. The molecule has 0 unspecified atom stereocenters. The molecule has 3 aromatic rings. The van der Waals surface area contributed by atoms with Crippen LogP contribution >= 0.6 is 0 Å². The highest BCUT2D eigenvalue weighted by Gasteiger charge is 2.11. The van der Waals surface area contributed by atoms with Gasteiger partial charge in [0, 0.05) is 25.4 Å². The molecule has 0 saturated heterocycles. The number of pyridine rings is 1. The van der Waals surface area contributed by atoms with E-state index in [-0.39, 0.29) is 6.54 Å². The van der Waals surface area contributed by atoms with Gasteiger partial charge in [0.2, 0.25) is 0 Å². The number of amides is 2. The van der Waals surface area contributed by atoms with Gasteiger partial charge in [0.1, 0.15) is 41.1 Å². The molecule has 1 aromatic carbocycles. The summed E-state index contributed by atoms with van der Waals surface area (Å²) < 4.78 is 27.0. The van der Waals surface area contributed by atoms with Gasteiger partial charge in [-0.2, -0.15) is 0 Å². The Morgan fingerprint density at radius 3 is 2.43 bits per heavy atom. The van der Waals surface area contributed by atoms with Gasteiger partial charge in [-0.1, -0.05) is 12.1 Å². The minimum Gasteiger partial charge on any atom is -0.368 e. The summed E-state index contributed by atoms with van der Waals surface area (Å²) in [5.74, 6) is 0.0444. The first-order valence-corrected chi connectivity index (χ1v) is 8.34. The second-order valence-corrected chi connectivity index (χ2v) is 5.53. The molecule has 3 rings (SSSR count). The maximum Gasteiger partial charge on any atom is 0.319 e. The van der Waals surface area contributed by atoms with Crippen LogP contribution in [-0.2, 0) is 0 Å². The SMILES string of the molecule is O=C(NCCNc1cc(Nc2ccccn2)ncn1)Nc1c(F)cccc1F. The van der Waals surface area contributed by atoms with Crippen LogP contribution in [0.25, 0.3) is 0 Å². The standard InChI is InChI=1S/C18H17F2N7O/c19-12-4-3-5-13(20)17(12)27-18(28)23-9-8-22-15-10-16(25-11-24-15)26-14-6-1-2-7-21-14/h1-7,10-11H,8-9H2,(H2,23,27,28)(H2,21,22,24,25,26). The summed E-state index contributed by atoms with van der Waals surface area (Å²) in [5.41, 5.74) is -0.492. The second kappa shape index (κ2) is 9.21. The molecule has 4 N–H and O–H groups in total. The van der Waals surface area contributed by atoms with E-state index in [0.29, 0.717) is 24.0 Å². The van der Waals surface area contributed by atoms with Crippen molar-refractivity contribution in [1.29, 1.82) is 0 Å². The maximum absolute atomic E-state index is 13.5. The van der Waals surface area contributed by atoms with Gasteiger partial charge in [-0.05, 0) is 24.3 Å². The Hall–Kier alpha value is -3.82. The quantitative estimate of drug-likeness (QED) is 0.466. The Labute approximate surface area is 159 Å². The number of hydrogen-bond donors (Lipinski definition) is 4. The summed E-state index contributed by atoms with van der Waals surface area (Å²) in [6.07, 6.45) is 3.04. The van der Waals surface area contributed by atoms with Gasteiger partial charge >= 0.3 is 6.03 Å². The second-order valence-electron chi connectivity index (χ2n) is 5.53. The van der Waals surface area contributed by atoms with Crippen LogP contribution in [0.3, 0.4) is 0 Å². The fourth-order valence-corrected chi connectivity index (χ4v) is 2.23. The van der Waals surface area contributed by atoms with Gasteiger partial charge in [-0.15, -0.1) is 0 Å². The minimum absolute atomic E-state index is 0.203. The van der Waals surface area contributed by atoms with E-state index in [1.807, 2.05) is 12.1 Å². The van der Waals surface area contributed by atoms with Crippen molar-refractivity contribution in [2.24, 2.45) is 0 Å². The van der Waals surface area contributed by atoms with E-state index >= 15 is 0 Å². The number of nitrogens with zero attached hydrogens (tertiary/aromatic N) is 3. The molecular weight excluding hydrogens is 368 g/mol. The van der Waals surface area contributed by atoms with Crippen molar-refractivity contribution >= 4 is 29.2 Å². The molecular formula is C18H17F2N7O. The van der Waals surface area contributed by atoms with E-state index in [2.05, 4.69) is 36.2 Å². The number of benzene rings is 1. The smallest absolute Gasteiger partial charge is 0.319 e. The Morgan fingerprint density at radius 2 is 1.68 bits per heavy atom. The Kier molecular flexibility index (Phi) is 6.24. The molecule has 28 heavy (non-hydrogen) atoms. The summed E-state index contributed by atoms with van der Waals surface area (Å²) in [6.45, 7) is 0.544. The molecule has 2 aromatic heterocycles. The van der Waals surface area contributed by atoms with Crippen LogP contribution < -0.4 is 21.3 Å². The number of rotatable bonds is 7. The summed E-state index contributed by atoms with van der Waals surface area (Å²) >= 11 is 0. The van der Waals surface area contributed by atoms with Gasteiger partial charge in [0.25, 0.3) is 0 Å². The third kappa shape index (κ3) is 5.34. The lowest BCUT2D eigenvalue weighted by Crippen LogP contribution is -2.33. The zero-order chi connectivity index (χ0) is 19.8. The number of urea groups is 1. The summed E-state index contributed by atoms with van der Waals surface area (Å²) in [5, 5.41) is 10.7. The van der Waals surface area contributed by atoms with Crippen molar-refractivity contribution in [3.63, 3.8) is 0 Å². The molecule has 0 aliphatic rings. The van der Waals surface area contributed by atoms with Gasteiger partial charge in [-0.3, -0.25) is 0 Å². The lowest BCUT2D eigenvalue weighted by atomic mass is 10.3. The third-order valence-electron chi connectivity index (χ3n) is 3.51. The fraction of sp³-hybridized carbons (Fsp3) is 0.111. The van der Waals surface area contributed by atoms with E-state index in [0.717, 1.165) is 12.1 Å². The van der Waals surface area contributed by atoms with Crippen LogP contribution in [0.2, 0.25) is 0 Å². The Bertz CT molecular complexity index is 920. The van der Waals surface area contributed by atoms with Crippen molar-refractivity contribution in [1.82, 2.24) is 20.3 Å². The molecule has 0 atom stereocenters. The third-order valence-corrected chi connectivity index (χ3v) is 3.51.